The first kappa shape index (κ1) is 22.1. The van der Waals surface area contributed by atoms with Gasteiger partial charge in [0.25, 0.3) is 0 Å². The molecule has 0 aliphatic carbocycles. The summed E-state index contributed by atoms with van der Waals surface area (Å²) in [4.78, 5) is 25.7. The van der Waals surface area contributed by atoms with Crippen molar-refractivity contribution in [1.29, 1.82) is 0 Å². The maximum atomic E-state index is 12.9. The number of rotatable bonds is 9. The number of pyridine rings is 1. The van der Waals surface area contributed by atoms with Gasteiger partial charge in [-0.2, -0.15) is 4.31 Å². The van der Waals surface area contributed by atoms with Gasteiger partial charge in [-0.25, -0.2) is 28.4 Å². The van der Waals surface area contributed by atoms with E-state index in [1.54, 1.807) is 24.7 Å². The van der Waals surface area contributed by atoms with Crippen LogP contribution in [0.1, 0.15) is 17.8 Å². The first-order chi connectivity index (χ1) is 14.4. The van der Waals surface area contributed by atoms with Gasteiger partial charge in [-0.1, -0.05) is 6.07 Å². The number of sulfonamides is 1. The smallest absolute Gasteiger partial charge is 0.233 e. The molecule has 11 heteroatoms. The highest BCUT2D eigenvalue weighted by Gasteiger charge is 2.31. The summed E-state index contributed by atoms with van der Waals surface area (Å²) >= 11 is 0. The fraction of sp³-hybridized carbons (Fsp3) is 0.474. The lowest BCUT2D eigenvalue weighted by Crippen LogP contribution is -2.51. The van der Waals surface area contributed by atoms with Crippen molar-refractivity contribution in [1.82, 2.24) is 24.3 Å². The Morgan fingerprint density at radius 2 is 1.87 bits per heavy atom. The van der Waals surface area contributed by atoms with Crippen LogP contribution in [0.25, 0.3) is 0 Å². The summed E-state index contributed by atoms with van der Waals surface area (Å²) in [6, 6.07) is 4.70. The van der Waals surface area contributed by atoms with Crippen LogP contribution in [0.15, 0.2) is 36.8 Å². The Morgan fingerprint density at radius 3 is 2.47 bits per heavy atom. The Labute approximate surface area is 176 Å². The molecule has 1 fully saturated rings. The molecule has 0 bridgehead atoms. The van der Waals surface area contributed by atoms with E-state index < -0.39 is 16.1 Å². The van der Waals surface area contributed by atoms with E-state index in [4.69, 9.17) is 0 Å². The molecular weight excluding hydrogens is 408 g/mol. The summed E-state index contributed by atoms with van der Waals surface area (Å²) in [6.07, 6.45) is 5.77. The lowest BCUT2D eigenvalue weighted by molar-refractivity contribution is -0.158. The highest BCUT2D eigenvalue weighted by atomic mass is 32.2. The summed E-state index contributed by atoms with van der Waals surface area (Å²) in [6.45, 7) is 3.64. The van der Waals surface area contributed by atoms with Gasteiger partial charge in [-0.15, -0.1) is 0 Å². The standard InChI is InChI=1S/C19H26N6O4S/c1-16-3-6-19(22-13-16)23-9-11-24(12-10-23)30(28,29)14-17(25(27)15-26)4-5-18-20-7-2-8-21-18/h2-3,6-8,13,15,17,27H,4-5,9-12,14H2,1H3/t17-/m0/s1. The number of anilines is 1. The van der Waals surface area contributed by atoms with Gasteiger partial charge in [0.15, 0.2) is 0 Å². The maximum absolute atomic E-state index is 12.9. The molecule has 1 aliphatic rings. The Kier molecular flexibility index (Phi) is 7.29. The van der Waals surface area contributed by atoms with Crippen LogP contribution in [0, 0.1) is 6.92 Å². The molecule has 0 spiro atoms. The van der Waals surface area contributed by atoms with Gasteiger partial charge in [0.1, 0.15) is 11.6 Å². The zero-order valence-corrected chi connectivity index (χ0v) is 17.6. The molecule has 0 aromatic carbocycles. The topological polar surface area (TPSA) is 120 Å². The molecule has 1 saturated heterocycles. The Hall–Kier alpha value is -2.63. The predicted molar refractivity (Wildman–Crippen MR) is 110 cm³/mol. The van der Waals surface area contributed by atoms with Gasteiger partial charge in [0.2, 0.25) is 16.4 Å². The SMILES string of the molecule is Cc1ccc(N2CCN(S(=O)(=O)C[C@H](CCc3ncccn3)N(O)C=O)CC2)nc1. The van der Waals surface area contributed by atoms with Crippen LogP contribution in [-0.2, 0) is 21.2 Å². The van der Waals surface area contributed by atoms with Crippen LogP contribution in [0.2, 0.25) is 0 Å². The molecule has 2 aromatic rings. The molecule has 1 atom stereocenters. The highest BCUT2D eigenvalue weighted by Crippen LogP contribution is 2.17. The van der Waals surface area contributed by atoms with E-state index >= 15 is 0 Å². The maximum Gasteiger partial charge on any atom is 0.233 e. The van der Waals surface area contributed by atoms with Gasteiger partial charge in [0, 0.05) is 51.2 Å². The zero-order chi connectivity index (χ0) is 21.6. The third kappa shape index (κ3) is 5.71. The second-order valence-corrected chi connectivity index (χ2v) is 9.21. The normalized spacial score (nSPS) is 16.3. The second kappa shape index (κ2) is 9.92. The van der Waals surface area contributed by atoms with Crippen molar-refractivity contribution >= 4 is 22.3 Å². The van der Waals surface area contributed by atoms with E-state index in [0.717, 1.165) is 11.4 Å². The van der Waals surface area contributed by atoms with Crippen molar-refractivity contribution in [2.75, 3.05) is 36.8 Å². The number of nitrogens with zero attached hydrogens (tertiary/aromatic N) is 6. The number of hydrogen-bond donors (Lipinski definition) is 1. The van der Waals surface area contributed by atoms with Crippen LogP contribution in [-0.4, -0.2) is 82.3 Å². The van der Waals surface area contributed by atoms with E-state index in [2.05, 4.69) is 15.0 Å². The summed E-state index contributed by atoms with van der Waals surface area (Å²) < 4.78 is 27.2. The number of carbonyl (C=O) groups excluding carboxylic acids is 1. The number of aromatic nitrogens is 3. The predicted octanol–water partition coefficient (Wildman–Crippen LogP) is 0.481. The summed E-state index contributed by atoms with van der Waals surface area (Å²) in [5.74, 6) is 0.983. The average Bonchev–Trinajstić information content (AvgIpc) is 2.77. The quantitative estimate of drug-likeness (QED) is 0.344. The largest absolute Gasteiger partial charge is 0.354 e. The van der Waals surface area contributed by atoms with E-state index in [9.17, 15) is 18.4 Å². The number of piperazine rings is 1. The first-order valence-corrected chi connectivity index (χ1v) is 11.3. The lowest BCUT2D eigenvalue weighted by atomic mass is 10.2. The second-order valence-electron chi connectivity index (χ2n) is 7.20. The van der Waals surface area contributed by atoms with E-state index in [1.807, 2.05) is 24.0 Å². The number of hydroxylamine groups is 2. The molecule has 2 aromatic heterocycles. The van der Waals surface area contributed by atoms with Crippen LogP contribution in [0.3, 0.4) is 0 Å². The number of amides is 1. The van der Waals surface area contributed by atoms with Gasteiger partial charge in [-0.3, -0.25) is 10.0 Å². The van der Waals surface area contributed by atoms with Gasteiger partial charge in [0.05, 0.1) is 11.8 Å². The van der Waals surface area contributed by atoms with Crippen LogP contribution < -0.4 is 4.90 Å². The van der Waals surface area contributed by atoms with E-state index in [-0.39, 0.29) is 18.6 Å². The van der Waals surface area contributed by atoms with Gasteiger partial charge < -0.3 is 4.90 Å². The molecule has 0 saturated carbocycles. The fourth-order valence-corrected chi connectivity index (χ4v) is 5.06. The third-order valence-corrected chi connectivity index (χ3v) is 7.02. The zero-order valence-electron chi connectivity index (χ0n) is 16.8. The van der Waals surface area contributed by atoms with E-state index in [0.29, 0.717) is 43.5 Å². The molecule has 10 nitrogen and oxygen atoms in total. The van der Waals surface area contributed by atoms with Crippen LogP contribution in [0.4, 0.5) is 5.82 Å². The summed E-state index contributed by atoms with van der Waals surface area (Å²) in [5, 5.41) is 10.3. The average molecular weight is 435 g/mol. The Bertz CT molecular complexity index is 918. The molecule has 162 valence electrons. The Balaban J connectivity index is 1.60. The third-order valence-electron chi connectivity index (χ3n) is 5.06. The minimum atomic E-state index is -3.67. The molecule has 1 aliphatic heterocycles. The molecule has 0 radical (unpaired) electrons. The molecule has 1 N–H and O–H groups in total. The number of aryl methyl sites for hydroxylation is 2. The molecule has 1 amide bonds. The van der Waals surface area contributed by atoms with Crippen molar-refractivity contribution < 1.29 is 18.4 Å². The molecule has 3 heterocycles. The van der Waals surface area contributed by atoms with Gasteiger partial charge >= 0.3 is 0 Å². The van der Waals surface area contributed by atoms with Crippen molar-refractivity contribution in [2.24, 2.45) is 0 Å². The minimum absolute atomic E-state index is 0.228. The van der Waals surface area contributed by atoms with Crippen molar-refractivity contribution in [2.45, 2.75) is 25.8 Å². The van der Waals surface area contributed by atoms with Crippen LogP contribution in [0.5, 0.6) is 0 Å². The minimum Gasteiger partial charge on any atom is -0.354 e. The van der Waals surface area contributed by atoms with Crippen molar-refractivity contribution in [3.8, 4) is 0 Å². The summed E-state index contributed by atoms with van der Waals surface area (Å²) in [5.41, 5.74) is 1.07. The number of carbonyl (C=O) groups is 1. The monoisotopic (exact) mass is 434 g/mol. The lowest BCUT2D eigenvalue weighted by Gasteiger charge is -2.35. The van der Waals surface area contributed by atoms with Crippen LogP contribution >= 0.6 is 0 Å². The van der Waals surface area contributed by atoms with Crippen molar-refractivity contribution in [3.05, 3.63) is 48.2 Å². The summed E-state index contributed by atoms with van der Waals surface area (Å²) in [7, 11) is -3.67. The Morgan fingerprint density at radius 1 is 1.17 bits per heavy atom. The van der Waals surface area contributed by atoms with Gasteiger partial charge in [-0.05, 0) is 31.0 Å². The van der Waals surface area contributed by atoms with E-state index in [1.165, 1.54) is 4.31 Å². The highest BCUT2D eigenvalue weighted by molar-refractivity contribution is 7.89. The fourth-order valence-electron chi connectivity index (χ4n) is 3.32. The first-order valence-electron chi connectivity index (χ1n) is 9.73. The molecular formula is C19H26N6O4S. The number of hydrogen-bond acceptors (Lipinski definition) is 8. The molecule has 30 heavy (non-hydrogen) atoms. The molecule has 3 rings (SSSR count). The van der Waals surface area contributed by atoms with Crippen molar-refractivity contribution in [3.63, 3.8) is 0 Å². The molecule has 0 unspecified atom stereocenters.